The molecule has 1 aromatic rings. The largest absolute Gasteiger partial charge is 0.207 e. The molecule has 0 saturated heterocycles. The average molecular weight is 214 g/mol. The summed E-state index contributed by atoms with van der Waals surface area (Å²) < 4.78 is 26.4. The van der Waals surface area contributed by atoms with Gasteiger partial charge in [-0.05, 0) is 32.9 Å². The van der Waals surface area contributed by atoms with Gasteiger partial charge in [0.05, 0.1) is 6.54 Å². The molecular formula is C11H14F2NO. The van der Waals surface area contributed by atoms with Crippen LogP contribution in [0.25, 0.3) is 0 Å². The Labute approximate surface area is 88.1 Å². The highest BCUT2D eigenvalue weighted by Gasteiger charge is 2.23. The van der Waals surface area contributed by atoms with Crippen LogP contribution in [0.5, 0.6) is 0 Å². The van der Waals surface area contributed by atoms with E-state index in [1.54, 1.807) is 20.8 Å². The SMILES string of the molecule is CC(C)(C)N([O])Cc1c(F)cccc1F. The fourth-order valence-corrected chi connectivity index (χ4v) is 1.06. The van der Waals surface area contributed by atoms with E-state index in [1.807, 2.05) is 0 Å². The summed E-state index contributed by atoms with van der Waals surface area (Å²) in [5.41, 5.74) is -0.836. The van der Waals surface area contributed by atoms with Crippen molar-refractivity contribution in [2.75, 3.05) is 0 Å². The highest BCUT2D eigenvalue weighted by Crippen LogP contribution is 2.19. The molecule has 0 N–H and O–H groups in total. The zero-order valence-corrected chi connectivity index (χ0v) is 9.05. The second kappa shape index (κ2) is 4.24. The summed E-state index contributed by atoms with van der Waals surface area (Å²) in [6.45, 7) is 4.80. The van der Waals surface area contributed by atoms with Gasteiger partial charge >= 0.3 is 0 Å². The Kier molecular flexibility index (Phi) is 3.42. The first-order valence-electron chi connectivity index (χ1n) is 4.70. The van der Waals surface area contributed by atoms with Crippen molar-refractivity contribution in [3.63, 3.8) is 0 Å². The van der Waals surface area contributed by atoms with Crippen LogP contribution in [0, 0.1) is 11.6 Å². The quantitative estimate of drug-likeness (QED) is 0.694. The minimum atomic E-state index is -0.680. The Morgan fingerprint density at radius 2 is 1.67 bits per heavy atom. The number of hydroxylamine groups is 2. The van der Waals surface area contributed by atoms with E-state index in [4.69, 9.17) is 0 Å². The van der Waals surface area contributed by atoms with Crippen molar-refractivity contribution in [2.45, 2.75) is 32.9 Å². The van der Waals surface area contributed by atoms with E-state index < -0.39 is 17.2 Å². The summed E-state index contributed by atoms with van der Waals surface area (Å²) in [4.78, 5) is 0. The molecular weight excluding hydrogens is 200 g/mol. The Hall–Kier alpha value is -1.00. The van der Waals surface area contributed by atoms with E-state index in [-0.39, 0.29) is 12.1 Å². The van der Waals surface area contributed by atoms with Crippen molar-refractivity contribution < 1.29 is 14.0 Å². The topological polar surface area (TPSA) is 23.1 Å². The summed E-state index contributed by atoms with van der Waals surface area (Å²) in [5.74, 6) is -1.36. The molecule has 1 aromatic carbocycles. The van der Waals surface area contributed by atoms with Crippen LogP contribution in [0.4, 0.5) is 8.78 Å². The molecule has 0 spiro atoms. The van der Waals surface area contributed by atoms with Crippen molar-refractivity contribution in [3.8, 4) is 0 Å². The monoisotopic (exact) mass is 214 g/mol. The van der Waals surface area contributed by atoms with Crippen LogP contribution >= 0.6 is 0 Å². The molecule has 1 rings (SSSR count). The van der Waals surface area contributed by atoms with E-state index in [2.05, 4.69) is 0 Å². The van der Waals surface area contributed by atoms with Crippen molar-refractivity contribution in [1.82, 2.24) is 5.06 Å². The van der Waals surface area contributed by atoms with Gasteiger partial charge in [0.1, 0.15) is 11.6 Å². The third kappa shape index (κ3) is 2.97. The van der Waals surface area contributed by atoms with Crippen LogP contribution in [-0.2, 0) is 11.8 Å². The summed E-state index contributed by atoms with van der Waals surface area (Å²) >= 11 is 0. The van der Waals surface area contributed by atoms with Gasteiger partial charge in [-0.1, -0.05) is 6.07 Å². The zero-order chi connectivity index (χ0) is 11.6. The van der Waals surface area contributed by atoms with Gasteiger partial charge in [-0.15, -0.1) is 10.3 Å². The second-order valence-corrected chi connectivity index (χ2v) is 4.41. The molecule has 0 heterocycles. The first-order valence-corrected chi connectivity index (χ1v) is 4.70. The Balaban J connectivity index is 2.90. The average Bonchev–Trinajstić information content (AvgIpc) is 2.09. The molecule has 0 fully saturated rings. The predicted molar refractivity (Wildman–Crippen MR) is 52.3 cm³/mol. The Morgan fingerprint density at radius 3 is 2.07 bits per heavy atom. The molecule has 0 aliphatic carbocycles. The third-order valence-corrected chi connectivity index (χ3v) is 2.11. The fourth-order valence-electron chi connectivity index (χ4n) is 1.06. The van der Waals surface area contributed by atoms with Gasteiger partial charge in [-0.2, -0.15) is 0 Å². The predicted octanol–water partition coefficient (Wildman–Crippen LogP) is 2.91. The zero-order valence-electron chi connectivity index (χ0n) is 9.05. The van der Waals surface area contributed by atoms with E-state index in [1.165, 1.54) is 6.07 Å². The molecule has 0 aromatic heterocycles. The lowest BCUT2D eigenvalue weighted by Gasteiger charge is -2.27. The first kappa shape index (κ1) is 12.1. The van der Waals surface area contributed by atoms with Crippen molar-refractivity contribution in [2.24, 2.45) is 0 Å². The second-order valence-electron chi connectivity index (χ2n) is 4.41. The van der Waals surface area contributed by atoms with E-state index in [0.29, 0.717) is 5.06 Å². The van der Waals surface area contributed by atoms with E-state index in [0.717, 1.165) is 12.1 Å². The number of nitrogens with zero attached hydrogens (tertiary/aromatic N) is 1. The molecule has 0 atom stereocenters. The van der Waals surface area contributed by atoms with Gasteiger partial charge in [0.25, 0.3) is 0 Å². The van der Waals surface area contributed by atoms with Crippen LogP contribution in [0.3, 0.4) is 0 Å². The first-order chi connectivity index (χ1) is 6.82. The van der Waals surface area contributed by atoms with Gasteiger partial charge in [-0.3, -0.25) is 0 Å². The minimum Gasteiger partial charge on any atom is -0.207 e. The molecule has 0 bridgehead atoms. The van der Waals surface area contributed by atoms with E-state index >= 15 is 0 Å². The summed E-state index contributed by atoms with van der Waals surface area (Å²) in [5, 5.41) is 12.2. The maximum atomic E-state index is 13.2. The summed E-state index contributed by atoms with van der Waals surface area (Å²) in [6.07, 6.45) is 0. The lowest BCUT2D eigenvalue weighted by atomic mass is 10.1. The molecule has 0 aliphatic heterocycles. The van der Waals surface area contributed by atoms with Crippen LogP contribution in [0.2, 0.25) is 0 Å². The Bertz CT molecular complexity index is 327. The van der Waals surface area contributed by atoms with Crippen molar-refractivity contribution in [3.05, 3.63) is 35.4 Å². The molecule has 1 radical (unpaired) electrons. The van der Waals surface area contributed by atoms with Gasteiger partial charge in [0.15, 0.2) is 0 Å². The van der Waals surface area contributed by atoms with Crippen LogP contribution < -0.4 is 0 Å². The molecule has 83 valence electrons. The number of hydrogen-bond acceptors (Lipinski definition) is 1. The maximum Gasteiger partial charge on any atom is 0.130 e. The van der Waals surface area contributed by atoms with Gasteiger partial charge in [0.2, 0.25) is 0 Å². The van der Waals surface area contributed by atoms with Crippen molar-refractivity contribution in [1.29, 1.82) is 0 Å². The van der Waals surface area contributed by atoms with E-state index in [9.17, 15) is 14.0 Å². The summed E-state index contributed by atoms with van der Waals surface area (Å²) in [7, 11) is 0. The normalized spacial score (nSPS) is 12.2. The standard InChI is InChI=1S/C11H14F2NO/c1-11(2,3)14(15)7-8-9(12)5-4-6-10(8)13/h4-6H,7H2,1-3H3. The fraction of sp³-hybridized carbons (Fsp3) is 0.455. The number of rotatable bonds is 2. The van der Waals surface area contributed by atoms with Crippen LogP contribution in [0.15, 0.2) is 18.2 Å². The molecule has 0 aliphatic rings. The lowest BCUT2D eigenvalue weighted by molar-refractivity contribution is -0.220. The summed E-state index contributed by atoms with van der Waals surface area (Å²) in [6, 6.07) is 3.57. The van der Waals surface area contributed by atoms with Gasteiger partial charge in [-0.25, -0.2) is 8.78 Å². The Morgan fingerprint density at radius 1 is 1.20 bits per heavy atom. The smallest absolute Gasteiger partial charge is 0.130 e. The molecule has 2 nitrogen and oxygen atoms in total. The number of hydrogen-bond donors (Lipinski definition) is 0. The van der Waals surface area contributed by atoms with Crippen LogP contribution in [-0.4, -0.2) is 10.6 Å². The van der Waals surface area contributed by atoms with Gasteiger partial charge < -0.3 is 0 Å². The van der Waals surface area contributed by atoms with Crippen molar-refractivity contribution >= 4 is 0 Å². The molecule has 0 saturated carbocycles. The highest BCUT2D eigenvalue weighted by atomic mass is 19.1. The van der Waals surface area contributed by atoms with Crippen LogP contribution in [0.1, 0.15) is 26.3 Å². The molecule has 15 heavy (non-hydrogen) atoms. The number of halogens is 2. The highest BCUT2D eigenvalue weighted by molar-refractivity contribution is 5.19. The minimum absolute atomic E-state index is 0.178. The number of benzene rings is 1. The maximum absolute atomic E-state index is 13.2. The van der Waals surface area contributed by atoms with Gasteiger partial charge in [0, 0.05) is 11.1 Å². The molecule has 0 amide bonds. The third-order valence-electron chi connectivity index (χ3n) is 2.11. The molecule has 4 heteroatoms. The molecule has 0 unspecified atom stereocenters. The lowest BCUT2D eigenvalue weighted by Crippen LogP contribution is -2.37.